The molecule has 3 saturated heterocycles. The first-order valence-electron chi connectivity index (χ1n) is 11.5. The number of fused-ring (bicyclic) bond motifs is 1. The molecule has 3 aliphatic heterocycles. The second-order valence-electron chi connectivity index (χ2n) is 10.3. The quantitative estimate of drug-likeness (QED) is 0.467. The van der Waals surface area contributed by atoms with Gasteiger partial charge < -0.3 is 24.3 Å². The molecule has 2 unspecified atom stereocenters. The Kier molecular flexibility index (Phi) is 6.15. The number of nitrogens with two attached hydrogens (primary N) is 2. The van der Waals surface area contributed by atoms with Crippen molar-refractivity contribution in [2.45, 2.75) is 32.8 Å². The van der Waals surface area contributed by atoms with Gasteiger partial charge in [0.25, 0.3) is 5.84 Å². The van der Waals surface area contributed by atoms with E-state index >= 15 is 0 Å². The van der Waals surface area contributed by atoms with Crippen LogP contribution in [0.1, 0.15) is 32.9 Å². The van der Waals surface area contributed by atoms with Gasteiger partial charge in [-0.2, -0.15) is 4.98 Å². The summed E-state index contributed by atoms with van der Waals surface area (Å²) in [5.41, 5.74) is 6.03. The second-order valence-corrected chi connectivity index (χ2v) is 10.3. The number of amidine groups is 1. The van der Waals surface area contributed by atoms with E-state index in [1.165, 1.54) is 0 Å². The third-order valence-electron chi connectivity index (χ3n) is 6.46. The zero-order valence-corrected chi connectivity index (χ0v) is 19.8. The van der Waals surface area contributed by atoms with Crippen molar-refractivity contribution in [3.8, 4) is 0 Å². The molecule has 2 atom stereocenters. The van der Waals surface area contributed by atoms with Gasteiger partial charge in [-0.15, -0.1) is 0 Å². The third kappa shape index (κ3) is 5.06. The second kappa shape index (κ2) is 8.73. The number of carbonyl (C=O) groups is 1. The summed E-state index contributed by atoms with van der Waals surface area (Å²) in [6, 6.07) is 1.88. The summed E-state index contributed by atoms with van der Waals surface area (Å²) >= 11 is 0. The number of carbonyl (C=O) groups excluding carboxylic acids is 1. The number of aromatic nitrogens is 2. The molecule has 1 aromatic heterocycles. The fourth-order valence-electron chi connectivity index (χ4n) is 4.78. The molecule has 0 bridgehead atoms. The van der Waals surface area contributed by atoms with Crippen LogP contribution in [-0.4, -0.2) is 96.7 Å². The third-order valence-corrected chi connectivity index (χ3v) is 6.46. The van der Waals surface area contributed by atoms with Gasteiger partial charge in [0.05, 0.1) is 0 Å². The van der Waals surface area contributed by atoms with Crippen LogP contribution in [0.4, 0.5) is 16.6 Å². The van der Waals surface area contributed by atoms with Crippen molar-refractivity contribution in [1.29, 1.82) is 0 Å². The molecule has 0 spiro atoms. The molecule has 10 nitrogen and oxygen atoms in total. The molecule has 176 valence electrons. The largest absolute Gasteiger partial charge is 0.444 e. The van der Waals surface area contributed by atoms with Gasteiger partial charge in [0.2, 0.25) is 5.95 Å². The monoisotopic (exact) mass is 445 g/mol. The van der Waals surface area contributed by atoms with Gasteiger partial charge >= 0.3 is 6.09 Å². The molecule has 10 heteroatoms. The fraction of sp³-hybridized carbons (Fsp3) is 0.727. The van der Waals surface area contributed by atoms with Crippen LogP contribution in [0.3, 0.4) is 0 Å². The van der Waals surface area contributed by atoms with Crippen molar-refractivity contribution < 1.29 is 14.9 Å². The van der Waals surface area contributed by atoms with E-state index in [4.69, 9.17) is 20.9 Å². The lowest BCUT2D eigenvalue weighted by Crippen LogP contribution is -2.47. The van der Waals surface area contributed by atoms with Gasteiger partial charge in [-0.3, -0.25) is 11.1 Å². The Labute approximate surface area is 190 Å². The smallest absolute Gasteiger partial charge is 0.410 e. The number of amides is 1. The fourth-order valence-corrected chi connectivity index (χ4v) is 4.78. The van der Waals surface area contributed by atoms with E-state index in [0.29, 0.717) is 36.6 Å². The molecular weight excluding hydrogens is 408 g/mol. The summed E-state index contributed by atoms with van der Waals surface area (Å²) in [5.74, 6) is 2.55. The van der Waals surface area contributed by atoms with Crippen molar-refractivity contribution in [1.82, 2.24) is 19.8 Å². The number of nitrogens with zero attached hydrogens (tertiary/aromatic N) is 6. The number of likely N-dealkylation sites (N-methyl/N-ethyl adjacent to an activating group) is 1. The van der Waals surface area contributed by atoms with Crippen LogP contribution in [0, 0.1) is 11.8 Å². The lowest BCUT2D eigenvalue weighted by molar-refractivity contribution is -0.114. The van der Waals surface area contributed by atoms with Crippen LogP contribution in [0.25, 0.3) is 0 Å². The summed E-state index contributed by atoms with van der Waals surface area (Å²) in [7, 11) is 2.14. The average molecular weight is 446 g/mol. The average Bonchev–Trinajstić information content (AvgIpc) is 3.21. The number of anilines is 2. The SMILES string of the molecule is CN1CCCN(c2nc(C(N)=[NH2+])cc(N3CC4CN(C(=O)OC(C)(C)C)CC4C3)n2)CC1. The van der Waals surface area contributed by atoms with Crippen molar-refractivity contribution in [2.75, 3.05) is 69.2 Å². The Bertz CT molecular complexity index is 856. The minimum Gasteiger partial charge on any atom is -0.444 e. The minimum absolute atomic E-state index is 0.206. The molecule has 3 aliphatic rings. The van der Waals surface area contributed by atoms with Gasteiger partial charge in [-0.25, -0.2) is 9.78 Å². The Balaban J connectivity index is 1.47. The number of hydrogen-bond acceptors (Lipinski definition) is 7. The van der Waals surface area contributed by atoms with Gasteiger partial charge in [0.1, 0.15) is 11.4 Å². The maximum Gasteiger partial charge on any atom is 0.410 e. The van der Waals surface area contributed by atoms with E-state index in [-0.39, 0.29) is 11.9 Å². The highest BCUT2D eigenvalue weighted by Gasteiger charge is 2.43. The normalized spacial score (nSPS) is 24.4. The molecule has 3 fully saturated rings. The first kappa shape index (κ1) is 22.6. The maximum absolute atomic E-state index is 12.5. The lowest BCUT2D eigenvalue weighted by Gasteiger charge is -2.27. The van der Waals surface area contributed by atoms with E-state index in [1.54, 1.807) is 0 Å². The zero-order valence-electron chi connectivity index (χ0n) is 19.8. The topological polar surface area (TPSA) is 117 Å². The summed E-state index contributed by atoms with van der Waals surface area (Å²) in [6.07, 6.45) is 0.844. The molecule has 0 aromatic carbocycles. The van der Waals surface area contributed by atoms with Crippen LogP contribution in [0.5, 0.6) is 0 Å². The number of hydrogen-bond donors (Lipinski definition) is 2. The van der Waals surface area contributed by atoms with Crippen molar-refractivity contribution in [3.05, 3.63) is 11.8 Å². The van der Waals surface area contributed by atoms with E-state index in [2.05, 4.69) is 26.7 Å². The molecule has 0 aliphatic carbocycles. The molecule has 4 N–H and O–H groups in total. The highest BCUT2D eigenvalue weighted by Crippen LogP contribution is 2.34. The molecule has 1 aromatic rings. The van der Waals surface area contributed by atoms with Crippen LogP contribution < -0.4 is 20.9 Å². The lowest BCUT2D eigenvalue weighted by atomic mass is 10.0. The standard InChI is InChI=1S/C22H36N8O2/c1-22(2,3)32-21(31)30-13-15-11-29(12-16(15)14-30)18-10-17(19(23)24)25-20(26-18)28-7-5-6-27(4)8-9-28/h10,15-16H,5-9,11-14H2,1-4H3,(H3,23,24)/p+1. The molecule has 32 heavy (non-hydrogen) atoms. The predicted octanol–water partition coefficient (Wildman–Crippen LogP) is -0.614. The molecule has 4 rings (SSSR count). The van der Waals surface area contributed by atoms with Crippen LogP contribution >= 0.6 is 0 Å². The molecule has 0 radical (unpaired) electrons. The van der Waals surface area contributed by atoms with E-state index in [9.17, 15) is 4.79 Å². The van der Waals surface area contributed by atoms with Gasteiger partial charge in [0, 0.05) is 63.7 Å². The van der Waals surface area contributed by atoms with Crippen molar-refractivity contribution in [2.24, 2.45) is 17.6 Å². The highest BCUT2D eigenvalue weighted by molar-refractivity contribution is 5.91. The summed E-state index contributed by atoms with van der Waals surface area (Å²) in [6.45, 7) is 12.6. The first-order valence-corrected chi connectivity index (χ1v) is 11.5. The van der Waals surface area contributed by atoms with E-state index in [0.717, 1.165) is 51.5 Å². The highest BCUT2D eigenvalue weighted by atomic mass is 16.6. The van der Waals surface area contributed by atoms with E-state index in [1.807, 2.05) is 31.7 Å². The van der Waals surface area contributed by atoms with Gasteiger partial charge in [0.15, 0.2) is 5.69 Å². The Morgan fingerprint density at radius 2 is 1.75 bits per heavy atom. The van der Waals surface area contributed by atoms with Crippen LogP contribution in [0.2, 0.25) is 0 Å². The number of ether oxygens (including phenoxy) is 1. The molecule has 1 amide bonds. The zero-order chi connectivity index (χ0) is 23.0. The first-order chi connectivity index (χ1) is 15.1. The van der Waals surface area contributed by atoms with Gasteiger partial charge in [-0.05, 0) is 40.8 Å². The van der Waals surface area contributed by atoms with Crippen molar-refractivity contribution >= 4 is 23.7 Å². The van der Waals surface area contributed by atoms with Crippen molar-refractivity contribution in [3.63, 3.8) is 0 Å². The number of likely N-dealkylation sites (tertiary alicyclic amines) is 1. The summed E-state index contributed by atoms with van der Waals surface area (Å²) in [5, 5.41) is 5.93. The van der Waals surface area contributed by atoms with Crippen LogP contribution in [0.15, 0.2) is 6.07 Å². The molecule has 0 saturated carbocycles. The van der Waals surface area contributed by atoms with Gasteiger partial charge in [-0.1, -0.05) is 0 Å². The Morgan fingerprint density at radius 1 is 1.06 bits per heavy atom. The Morgan fingerprint density at radius 3 is 2.38 bits per heavy atom. The number of rotatable bonds is 3. The van der Waals surface area contributed by atoms with Crippen LogP contribution in [-0.2, 0) is 4.74 Å². The minimum atomic E-state index is -0.477. The summed E-state index contributed by atoms with van der Waals surface area (Å²) in [4.78, 5) is 30.7. The molecular formula is C22H37N8O2+. The Hall–Kier alpha value is -2.62. The van der Waals surface area contributed by atoms with E-state index < -0.39 is 5.60 Å². The maximum atomic E-state index is 12.5. The molecule has 4 heterocycles. The predicted molar refractivity (Wildman–Crippen MR) is 124 cm³/mol. The summed E-state index contributed by atoms with van der Waals surface area (Å²) < 4.78 is 5.55.